The van der Waals surface area contributed by atoms with Crippen LogP contribution in [0.4, 0.5) is 5.69 Å². The van der Waals surface area contributed by atoms with Crippen molar-refractivity contribution >= 4 is 23.2 Å². The van der Waals surface area contributed by atoms with E-state index in [2.05, 4.69) is 0 Å². The summed E-state index contributed by atoms with van der Waals surface area (Å²) < 4.78 is 0. The van der Waals surface area contributed by atoms with Crippen molar-refractivity contribution < 1.29 is 14.4 Å². The molecule has 0 saturated heterocycles. The number of anilines is 1. The van der Waals surface area contributed by atoms with E-state index in [9.17, 15) is 14.4 Å². The molecule has 0 atom stereocenters. The molecular formula is C15H15NO3. The van der Waals surface area contributed by atoms with E-state index in [0.717, 1.165) is 24.8 Å². The summed E-state index contributed by atoms with van der Waals surface area (Å²) in [6, 6.07) is 5.44. The lowest BCUT2D eigenvalue weighted by atomic mass is 10.1. The lowest BCUT2D eigenvalue weighted by Crippen LogP contribution is -2.35. The maximum absolute atomic E-state index is 12.0. The van der Waals surface area contributed by atoms with Crippen molar-refractivity contribution in [1.29, 1.82) is 0 Å². The lowest BCUT2D eigenvalue weighted by Gasteiger charge is -2.15. The zero-order valence-corrected chi connectivity index (χ0v) is 10.8. The number of fused-ring (bicyclic) bond motifs is 1. The maximum atomic E-state index is 12.0. The van der Waals surface area contributed by atoms with Gasteiger partial charge in [0.15, 0.2) is 5.78 Å². The number of hydrogen-bond donors (Lipinski definition) is 0. The normalized spacial score (nSPS) is 17.8. The minimum absolute atomic E-state index is 0.0354. The second kappa shape index (κ2) is 4.30. The summed E-state index contributed by atoms with van der Waals surface area (Å²) in [6.45, 7) is 2.03. The van der Waals surface area contributed by atoms with E-state index in [1.807, 2.05) is 13.0 Å². The van der Waals surface area contributed by atoms with Gasteiger partial charge in [-0.2, -0.15) is 0 Å². The number of Topliss-reactive ketones (excluding diaryl/α,β-unsaturated/α-hetero) is 2. The minimum atomic E-state index is -0.572. The van der Waals surface area contributed by atoms with Crippen LogP contribution in [-0.2, 0) is 16.0 Å². The Hall–Kier alpha value is -1.97. The van der Waals surface area contributed by atoms with Crippen LogP contribution < -0.4 is 4.90 Å². The number of amides is 1. The van der Waals surface area contributed by atoms with E-state index in [0.29, 0.717) is 11.3 Å². The van der Waals surface area contributed by atoms with E-state index >= 15 is 0 Å². The molecule has 1 aliphatic carbocycles. The summed E-state index contributed by atoms with van der Waals surface area (Å²) in [5.74, 6) is -0.901. The molecule has 0 bridgehead atoms. The Balaban J connectivity index is 1.92. The average molecular weight is 257 g/mol. The largest absolute Gasteiger partial charge is 0.299 e. The number of ketones is 2. The Bertz CT molecular complexity index is 587. The monoisotopic (exact) mass is 257 g/mol. The highest BCUT2D eigenvalue weighted by atomic mass is 16.2. The third-order valence-corrected chi connectivity index (χ3v) is 3.79. The molecule has 4 nitrogen and oxygen atoms in total. The SMILES string of the molecule is CCc1ccc2c(c1)C(=O)C(=O)N2CC(=O)C1CC1. The number of nitrogens with zero attached hydrogens (tertiary/aromatic N) is 1. The van der Waals surface area contributed by atoms with Gasteiger partial charge < -0.3 is 0 Å². The zero-order chi connectivity index (χ0) is 13.6. The standard InChI is InChI=1S/C15H15NO3/c1-2-9-3-6-12-11(7-9)14(18)15(19)16(12)8-13(17)10-4-5-10/h3,6-7,10H,2,4-5,8H2,1H3. The van der Waals surface area contributed by atoms with Gasteiger partial charge in [0.05, 0.1) is 17.8 Å². The number of carbonyl (C=O) groups excluding carboxylic acids is 3. The van der Waals surface area contributed by atoms with Gasteiger partial charge in [0, 0.05) is 5.92 Å². The molecule has 1 aliphatic heterocycles. The second-order valence-corrected chi connectivity index (χ2v) is 5.17. The molecule has 1 aromatic carbocycles. The van der Waals surface area contributed by atoms with Crippen molar-refractivity contribution in [3.05, 3.63) is 29.3 Å². The highest BCUT2D eigenvalue weighted by molar-refractivity contribution is 6.52. The number of aryl methyl sites for hydroxylation is 1. The van der Waals surface area contributed by atoms with Crippen LogP contribution >= 0.6 is 0 Å². The fraction of sp³-hybridized carbons (Fsp3) is 0.400. The molecule has 19 heavy (non-hydrogen) atoms. The molecule has 3 rings (SSSR count). The van der Waals surface area contributed by atoms with Crippen LogP contribution in [0.15, 0.2) is 18.2 Å². The Morgan fingerprint density at radius 3 is 2.68 bits per heavy atom. The summed E-state index contributed by atoms with van der Waals surface area (Å²) in [5, 5.41) is 0. The van der Waals surface area contributed by atoms with Gasteiger partial charge in [-0.25, -0.2) is 0 Å². The molecule has 1 fully saturated rings. The molecule has 0 radical (unpaired) electrons. The Kier molecular flexibility index (Phi) is 2.73. The zero-order valence-electron chi connectivity index (χ0n) is 10.8. The van der Waals surface area contributed by atoms with Crippen LogP contribution in [0.25, 0.3) is 0 Å². The van der Waals surface area contributed by atoms with Crippen LogP contribution in [0.1, 0.15) is 35.7 Å². The molecule has 98 valence electrons. The topological polar surface area (TPSA) is 54.5 Å². The number of carbonyl (C=O) groups is 3. The molecule has 1 saturated carbocycles. The van der Waals surface area contributed by atoms with Gasteiger partial charge in [0.1, 0.15) is 0 Å². The molecule has 0 N–H and O–H groups in total. The van der Waals surface area contributed by atoms with Crippen molar-refractivity contribution in [1.82, 2.24) is 0 Å². The van der Waals surface area contributed by atoms with Gasteiger partial charge in [0.2, 0.25) is 0 Å². The molecule has 2 aliphatic rings. The van der Waals surface area contributed by atoms with Gasteiger partial charge in [-0.05, 0) is 37.0 Å². The Morgan fingerprint density at radius 1 is 1.32 bits per heavy atom. The summed E-state index contributed by atoms with van der Waals surface area (Å²) >= 11 is 0. The highest BCUT2D eigenvalue weighted by Gasteiger charge is 2.39. The van der Waals surface area contributed by atoms with Gasteiger partial charge in [-0.3, -0.25) is 19.3 Å². The van der Waals surface area contributed by atoms with Crippen LogP contribution in [0.5, 0.6) is 0 Å². The molecule has 1 heterocycles. The van der Waals surface area contributed by atoms with Crippen LogP contribution in [-0.4, -0.2) is 24.0 Å². The van der Waals surface area contributed by atoms with Gasteiger partial charge >= 0.3 is 0 Å². The Morgan fingerprint density at radius 2 is 2.05 bits per heavy atom. The molecule has 0 spiro atoms. The molecular weight excluding hydrogens is 242 g/mol. The molecule has 1 aromatic rings. The predicted molar refractivity (Wildman–Crippen MR) is 70.2 cm³/mol. The highest BCUT2D eigenvalue weighted by Crippen LogP contribution is 2.33. The smallest absolute Gasteiger partial charge is 0.297 e. The summed E-state index contributed by atoms with van der Waals surface area (Å²) in [4.78, 5) is 37.1. The fourth-order valence-corrected chi connectivity index (χ4v) is 2.41. The van der Waals surface area contributed by atoms with Crippen LogP contribution in [0, 0.1) is 5.92 Å². The van der Waals surface area contributed by atoms with Gasteiger partial charge in [-0.15, -0.1) is 0 Å². The number of hydrogen-bond acceptors (Lipinski definition) is 3. The maximum Gasteiger partial charge on any atom is 0.299 e. The first kappa shape index (κ1) is 12.1. The van der Waals surface area contributed by atoms with Crippen molar-refractivity contribution in [3.63, 3.8) is 0 Å². The van der Waals surface area contributed by atoms with Crippen molar-refractivity contribution in [2.75, 3.05) is 11.4 Å². The van der Waals surface area contributed by atoms with E-state index < -0.39 is 11.7 Å². The average Bonchev–Trinajstić information content (AvgIpc) is 3.24. The van der Waals surface area contributed by atoms with Gasteiger partial charge in [-0.1, -0.05) is 13.0 Å². The second-order valence-electron chi connectivity index (χ2n) is 5.17. The van der Waals surface area contributed by atoms with E-state index in [1.165, 1.54) is 4.90 Å². The number of rotatable bonds is 4. The van der Waals surface area contributed by atoms with Crippen LogP contribution in [0.2, 0.25) is 0 Å². The first-order valence-corrected chi connectivity index (χ1v) is 6.63. The molecule has 4 heteroatoms. The molecule has 0 aromatic heterocycles. The Labute approximate surface area is 111 Å². The van der Waals surface area contributed by atoms with Crippen molar-refractivity contribution in [2.24, 2.45) is 5.92 Å². The number of benzene rings is 1. The quantitative estimate of drug-likeness (QED) is 0.772. The summed E-state index contributed by atoms with van der Waals surface area (Å²) in [5.41, 5.74) is 2.05. The van der Waals surface area contributed by atoms with Crippen LogP contribution in [0.3, 0.4) is 0 Å². The van der Waals surface area contributed by atoms with Crippen molar-refractivity contribution in [2.45, 2.75) is 26.2 Å². The molecule has 0 unspecified atom stereocenters. The van der Waals surface area contributed by atoms with Crippen molar-refractivity contribution in [3.8, 4) is 0 Å². The molecule has 1 amide bonds. The summed E-state index contributed by atoms with van der Waals surface area (Å²) in [7, 11) is 0. The van der Waals surface area contributed by atoms with E-state index in [-0.39, 0.29) is 18.2 Å². The first-order chi connectivity index (χ1) is 9.11. The van der Waals surface area contributed by atoms with E-state index in [1.54, 1.807) is 12.1 Å². The predicted octanol–water partition coefficient (Wildman–Crippen LogP) is 1.76. The third-order valence-electron chi connectivity index (χ3n) is 3.79. The minimum Gasteiger partial charge on any atom is -0.297 e. The van der Waals surface area contributed by atoms with Gasteiger partial charge in [0.25, 0.3) is 11.7 Å². The summed E-state index contributed by atoms with van der Waals surface area (Å²) in [6.07, 6.45) is 2.64. The van der Waals surface area contributed by atoms with E-state index in [4.69, 9.17) is 0 Å². The lowest BCUT2D eigenvalue weighted by molar-refractivity contribution is -0.121. The first-order valence-electron chi connectivity index (χ1n) is 6.63. The fourth-order valence-electron chi connectivity index (χ4n) is 2.41. The third kappa shape index (κ3) is 1.97.